The molecule has 0 fully saturated rings. The second-order valence-electron chi connectivity index (χ2n) is 8.68. The summed E-state index contributed by atoms with van der Waals surface area (Å²) < 4.78 is 22.9. The summed E-state index contributed by atoms with van der Waals surface area (Å²) in [4.78, 5) is 2.07. The molecule has 3 aromatic rings. The lowest BCUT2D eigenvalue weighted by molar-refractivity contribution is 0.283. The van der Waals surface area contributed by atoms with Crippen molar-refractivity contribution < 1.29 is 18.9 Å². The smallest absolute Gasteiger partial charge is 0.162 e. The standard InChI is InChI=1S/C29H34N2O4/c1-31(2)25-18-28(34-5)26(32-3)16-22(25)11-12-24-23-17-27(33-4)29(15-21(23)13-14-30-24)35-19-20-9-7-6-8-10-20/h6-12,15-18,24,30H,13-14,19H2,1-5H3/b12-11+. The van der Waals surface area contributed by atoms with E-state index in [0.29, 0.717) is 18.1 Å². The number of benzene rings is 3. The molecule has 0 aliphatic carbocycles. The van der Waals surface area contributed by atoms with E-state index in [1.807, 2.05) is 44.4 Å². The van der Waals surface area contributed by atoms with Crippen LogP contribution in [-0.2, 0) is 13.0 Å². The SMILES string of the molecule is COc1cc(/C=C/C2NCCc3cc(OCc4ccccc4)c(OC)cc32)c(N(C)C)cc1OC. The molecule has 184 valence electrons. The van der Waals surface area contributed by atoms with Crippen molar-refractivity contribution in [3.8, 4) is 23.0 Å². The van der Waals surface area contributed by atoms with Gasteiger partial charge in [0.15, 0.2) is 23.0 Å². The Morgan fingerprint density at radius 3 is 2.26 bits per heavy atom. The predicted molar refractivity (Wildman–Crippen MR) is 141 cm³/mol. The molecule has 4 rings (SSSR count). The highest BCUT2D eigenvalue weighted by Gasteiger charge is 2.21. The summed E-state index contributed by atoms with van der Waals surface area (Å²) >= 11 is 0. The van der Waals surface area contributed by atoms with Gasteiger partial charge in [0.1, 0.15) is 6.61 Å². The van der Waals surface area contributed by atoms with Crippen molar-refractivity contribution in [2.75, 3.05) is 46.9 Å². The zero-order valence-electron chi connectivity index (χ0n) is 21.1. The number of rotatable bonds is 9. The number of nitrogens with zero attached hydrogens (tertiary/aromatic N) is 1. The molecule has 1 atom stereocenters. The molecule has 0 radical (unpaired) electrons. The number of fused-ring (bicyclic) bond motifs is 1. The van der Waals surface area contributed by atoms with E-state index in [2.05, 4.69) is 46.6 Å². The molecule has 1 aliphatic heterocycles. The lowest BCUT2D eigenvalue weighted by atomic mass is 9.92. The monoisotopic (exact) mass is 474 g/mol. The van der Waals surface area contributed by atoms with Crippen LogP contribution in [0.3, 0.4) is 0 Å². The Morgan fingerprint density at radius 1 is 0.886 bits per heavy atom. The first-order valence-electron chi connectivity index (χ1n) is 11.8. The molecule has 0 spiro atoms. The summed E-state index contributed by atoms with van der Waals surface area (Å²) in [7, 11) is 9.04. The molecule has 3 aromatic carbocycles. The maximum atomic E-state index is 6.14. The van der Waals surface area contributed by atoms with Crippen LogP contribution in [0.4, 0.5) is 5.69 Å². The number of hydrogen-bond donors (Lipinski definition) is 1. The van der Waals surface area contributed by atoms with Crippen LogP contribution in [-0.4, -0.2) is 42.0 Å². The summed E-state index contributed by atoms with van der Waals surface area (Å²) in [6.45, 7) is 1.39. The minimum Gasteiger partial charge on any atom is -0.493 e. The van der Waals surface area contributed by atoms with Gasteiger partial charge >= 0.3 is 0 Å². The number of ether oxygens (including phenoxy) is 4. The van der Waals surface area contributed by atoms with Crippen LogP contribution in [0.2, 0.25) is 0 Å². The Labute approximate surface area is 208 Å². The van der Waals surface area contributed by atoms with Gasteiger partial charge in [-0.2, -0.15) is 0 Å². The first-order chi connectivity index (χ1) is 17.0. The van der Waals surface area contributed by atoms with E-state index >= 15 is 0 Å². The van der Waals surface area contributed by atoms with Crippen molar-refractivity contribution in [3.05, 3.63) is 82.9 Å². The van der Waals surface area contributed by atoms with Crippen LogP contribution in [0.5, 0.6) is 23.0 Å². The Kier molecular flexibility index (Phi) is 7.83. The normalized spacial score (nSPS) is 14.9. The molecule has 1 aliphatic rings. The van der Waals surface area contributed by atoms with Crippen molar-refractivity contribution in [3.63, 3.8) is 0 Å². The molecular formula is C29H34N2O4. The Bertz CT molecular complexity index is 1180. The molecule has 35 heavy (non-hydrogen) atoms. The molecule has 1 N–H and O–H groups in total. The van der Waals surface area contributed by atoms with Crippen molar-refractivity contribution in [2.45, 2.75) is 19.1 Å². The summed E-state index contributed by atoms with van der Waals surface area (Å²) in [5, 5.41) is 3.62. The van der Waals surface area contributed by atoms with Crippen molar-refractivity contribution >= 4 is 11.8 Å². The maximum absolute atomic E-state index is 6.14. The Morgan fingerprint density at radius 2 is 1.57 bits per heavy atom. The van der Waals surface area contributed by atoms with E-state index in [9.17, 15) is 0 Å². The predicted octanol–water partition coefficient (Wildman–Crippen LogP) is 5.26. The topological polar surface area (TPSA) is 52.2 Å². The van der Waals surface area contributed by atoms with Crippen LogP contribution in [0.1, 0.15) is 28.3 Å². The minimum atomic E-state index is 0.0546. The lowest BCUT2D eigenvalue weighted by Crippen LogP contribution is -2.28. The third kappa shape index (κ3) is 5.54. The lowest BCUT2D eigenvalue weighted by Gasteiger charge is -2.26. The minimum absolute atomic E-state index is 0.0546. The average molecular weight is 475 g/mol. The van der Waals surface area contributed by atoms with Crippen molar-refractivity contribution in [1.82, 2.24) is 5.32 Å². The summed E-state index contributed by atoms with van der Waals surface area (Å²) in [5.74, 6) is 2.93. The average Bonchev–Trinajstić information content (AvgIpc) is 2.89. The van der Waals surface area contributed by atoms with Gasteiger partial charge in [0.05, 0.1) is 27.4 Å². The van der Waals surface area contributed by atoms with Crippen molar-refractivity contribution in [2.24, 2.45) is 0 Å². The fourth-order valence-corrected chi connectivity index (χ4v) is 4.38. The molecule has 0 saturated heterocycles. The molecule has 0 amide bonds. The summed E-state index contributed by atoms with van der Waals surface area (Å²) in [5.41, 5.74) is 5.69. The van der Waals surface area contributed by atoms with Gasteiger partial charge in [0.25, 0.3) is 0 Å². The van der Waals surface area contributed by atoms with Gasteiger partial charge in [0, 0.05) is 38.0 Å². The number of nitrogens with one attached hydrogen (secondary N) is 1. The van der Waals surface area contributed by atoms with Crippen LogP contribution >= 0.6 is 0 Å². The quantitative estimate of drug-likeness (QED) is 0.457. The van der Waals surface area contributed by atoms with Crippen LogP contribution in [0.15, 0.2) is 60.7 Å². The molecule has 6 nitrogen and oxygen atoms in total. The van der Waals surface area contributed by atoms with Crippen LogP contribution < -0.4 is 29.2 Å². The van der Waals surface area contributed by atoms with Gasteiger partial charge in [-0.05, 0) is 41.3 Å². The number of hydrogen-bond acceptors (Lipinski definition) is 6. The van der Waals surface area contributed by atoms with E-state index in [1.54, 1.807) is 21.3 Å². The molecule has 6 heteroatoms. The van der Waals surface area contributed by atoms with Crippen LogP contribution in [0.25, 0.3) is 6.08 Å². The molecule has 0 bridgehead atoms. The molecule has 0 aromatic heterocycles. The highest BCUT2D eigenvalue weighted by Crippen LogP contribution is 2.38. The van der Waals surface area contributed by atoms with Crippen molar-refractivity contribution in [1.29, 1.82) is 0 Å². The number of anilines is 1. The Hall–Kier alpha value is -3.64. The zero-order chi connectivity index (χ0) is 24.8. The molecular weight excluding hydrogens is 440 g/mol. The molecule has 1 heterocycles. The highest BCUT2D eigenvalue weighted by atomic mass is 16.5. The maximum Gasteiger partial charge on any atom is 0.162 e. The fraction of sp³-hybridized carbons (Fsp3) is 0.310. The van der Waals surface area contributed by atoms with E-state index in [0.717, 1.165) is 41.3 Å². The van der Waals surface area contributed by atoms with Gasteiger partial charge in [-0.15, -0.1) is 0 Å². The zero-order valence-corrected chi connectivity index (χ0v) is 21.1. The largest absolute Gasteiger partial charge is 0.493 e. The third-order valence-electron chi connectivity index (χ3n) is 6.24. The first-order valence-corrected chi connectivity index (χ1v) is 11.8. The fourth-order valence-electron chi connectivity index (χ4n) is 4.38. The van der Waals surface area contributed by atoms with Gasteiger partial charge in [0.2, 0.25) is 0 Å². The van der Waals surface area contributed by atoms with Gasteiger partial charge in [-0.1, -0.05) is 42.5 Å². The van der Waals surface area contributed by atoms with E-state index in [4.69, 9.17) is 18.9 Å². The molecule has 0 saturated carbocycles. The van der Waals surface area contributed by atoms with E-state index in [1.165, 1.54) is 11.1 Å². The first kappa shape index (κ1) is 24.5. The van der Waals surface area contributed by atoms with Gasteiger partial charge in [-0.3, -0.25) is 0 Å². The second kappa shape index (κ2) is 11.2. The number of methoxy groups -OCH3 is 3. The van der Waals surface area contributed by atoms with Crippen LogP contribution in [0, 0.1) is 0 Å². The van der Waals surface area contributed by atoms with E-state index < -0.39 is 0 Å². The van der Waals surface area contributed by atoms with Gasteiger partial charge < -0.3 is 29.2 Å². The van der Waals surface area contributed by atoms with E-state index in [-0.39, 0.29) is 6.04 Å². The van der Waals surface area contributed by atoms with Gasteiger partial charge in [-0.25, -0.2) is 0 Å². The third-order valence-corrected chi connectivity index (χ3v) is 6.24. The summed E-state index contributed by atoms with van der Waals surface area (Å²) in [6, 6.07) is 18.5. The highest BCUT2D eigenvalue weighted by molar-refractivity contribution is 5.72. The molecule has 1 unspecified atom stereocenters. The second-order valence-corrected chi connectivity index (χ2v) is 8.68. The summed E-state index contributed by atoms with van der Waals surface area (Å²) in [6.07, 6.45) is 5.26. The Balaban J connectivity index is 1.62.